The van der Waals surface area contributed by atoms with Gasteiger partial charge >= 0.3 is 0 Å². The number of nitrogens with zero attached hydrogens (tertiary/aromatic N) is 3. The van der Waals surface area contributed by atoms with Gasteiger partial charge in [-0.25, -0.2) is 8.42 Å². The lowest BCUT2D eigenvalue weighted by atomic mass is 10.1. The molecule has 0 aliphatic rings. The van der Waals surface area contributed by atoms with Gasteiger partial charge in [-0.2, -0.15) is 0 Å². The molecule has 0 bridgehead atoms. The Hall–Kier alpha value is -0.950. The van der Waals surface area contributed by atoms with Gasteiger partial charge in [0, 0.05) is 0 Å². The zero-order valence-electron chi connectivity index (χ0n) is 7.59. The van der Waals surface area contributed by atoms with Crippen LogP contribution >= 0.6 is 0 Å². The second-order valence-electron chi connectivity index (χ2n) is 3.30. The Bertz CT molecular complexity index is 401. The Morgan fingerprint density at radius 1 is 1.54 bits per heavy atom. The quantitative estimate of drug-likeness (QED) is 0.691. The Morgan fingerprint density at radius 3 is 2.31 bits per heavy atom. The molecular formula is C6H11N3O3S. The molecule has 6 nitrogen and oxygen atoms in total. The number of aliphatic hydroxyl groups is 1. The SMILES string of the molecule is CC(C)(O)c1cn(S(C)(=O)=O)nn1. The molecule has 1 rings (SSSR count). The molecular weight excluding hydrogens is 194 g/mol. The summed E-state index contributed by atoms with van der Waals surface area (Å²) < 4.78 is 22.6. The van der Waals surface area contributed by atoms with Crippen LogP contribution in [-0.4, -0.2) is 34.2 Å². The van der Waals surface area contributed by atoms with Crippen LogP contribution in [0.1, 0.15) is 19.5 Å². The summed E-state index contributed by atoms with van der Waals surface area (Å²) in [6.45, 7) is 3.01. The molecule has 13 heavy (non-hydrogen) atoms. The minimum Gasteiger partial charge on any atom is -0.384 e. The fourth-order valence-electron chi connectivity index (χ4n) is 0.691. The molecule has 74 valence electrons. The third-order valence-corrected chi connectivity index (χ3v) is 2.30. The zero-order valence-corrected chi connectivity index (χ0v) is 8.41. The van der Waals surface area contributed by atoms with E-state index in [9.17, 15) is 13.5 Å². The molecule has 1 aromatic rings. The first kappa shape index (κ1) is 10.1. The van der Waals surface area contributed by atoms with Gasteiger partial charge in [0.15, 0.2) is 0 Å². The van der Waals surface area contributed by atoms with Crippen LogP contribution in [0.4, 0.5) is 0 Å². The molecule has 0 saturated heterocycles. The summed E-state index contributed by atoms with van der Waals surface area (Å²) in [6, 6.07) is 0. The van der Waals surface area contributed by atoms with Crippen molar-refractivity contribution in [2.45, 2.75) is 19.4 Å². The lowest BCUT2D eigenvalue weighted by Crippen LogP contribution is -2.16. The predicted molar refractivity (Wildman–Crippen MR) is 45.5 cm³/mol. The van der Waals surface area contributed by atoms with Gasteiger partial charge in [-0.15, -0.1) is 9.19 Å². The lowest BCUT2D eigenvalue weighted by molar-refractivity contribution is 0.0737. The molecule has 1 aromatic heterocycles. The van der Waals surface area contributed by atoms with Crippen molar-refractivity contribution in [3.8, 4) is 0 Å². The molecule has 0 aliphatic carbocycles. The minimum atomic E-state index is -3.41. The standard InChI is InChI=1S/C6H11N3O3S/c1-6(2,10)5-4-9(8-7-5)13(3,11)12/h4,10H,1-3H3. The van der Waals surface area contributed by atoms with E-state index in [1.54, 1.807) is 0 Å². The smallest absolute Gasteiger partial charge is 0.252 e. The summed E-state index contributed by atoms with van der Waals surface area (Å²) in [5.41, 5.74) is -0.957. The third-order valence-electron chi connectivity index (χ3n) is 1.44. The van der Waals surface area contributed by atoms with Crippen LogP contribution in [0.5, 0.6) is 0 Å². The summed E-state index contributed by atoms with van der Waals surface area (Å²) in [5.74, 6) is 0. The highest BCUT2D eigenvalue weighted by molar-refractivity contribution is 7.89. The van der Waals surface area contributed by atoms with Crippen LogP contribution < -0.4 is 0 Å². The maximum atomic E-state index is 11.0. The van der Waals surface area contributed by atoms with E-state index in [2.05, 4.69) is 10.3 Å². The van der Waals surface area contributed by atoms with Crippen LogP contribution in [0.25, 0.3) is 0 Å². The Morgan fingerprint density at radius 2 is 2.08 bits per heavy atom. The molecule has 0 aliphatic heterocycles. The molecule has 0 radical (unpaired) electrons. The lowest BCUT2D eigenvalue weighted by Gasteiger charge is -2.11. The highest BCUT2D eigenvalue weighted by Crippen LogP contribution is 2.15. The van der Waals surface area contributed by atoms with E-state index in [0.29, 0.717) is 0 Å². The van der Waals surface area contributed by atoms with Crippen LogP contribution in [0.15, 0.2) is 6.20 Å². The molecule has 0 unspecified atom stereocenters. The van der Waals surface area contributed by atoms with Gasteiger partial charge in [0.1, 0.15) is 11.3 Å². The number of hydrogen-bond acceptors (Lipinski definition) is 5. The molecule has 1 N–H and O–H groups in total. The van der Waals surface area contributed by atoms with Crippen molar-refractivity contribution in [3.05, 3.63) is 11.9 Å². The van der Waals surface area contributed by atoms with Gasteiger partial charge in [0.05, 0.1) is 12.5 Å². The van der Waals surface area contributed by atoms with Crippen molar-refractivity contribution < 1.29 is 13.5 Å². The molecule has 0 atom stereocenters. The summed E-state index contributed by atoms with van der Waals surface area (Å²) in [5, 5.41) is 16.4. The molecule has 0 aromatic carbocycles. The van der Waals surface area contributed by atoms with E-state index in [-0.39, 0.29) is 5.69 Å². The second kappa shape index (κ2) is 2.78. The maximum Gasteiger partial charge on any atom is 0.252 e. The normalized spacial score (nSPS) is 13.2. The Kier molecular flexibility index (Phi) is 2.16. The van der Waals surface area contributed by atoms with Crippen molar-refractivity contribution in [1.29, 1.82) is 0 Å². The van der Waals surface area contributed by atoms with Gasteiger partial charge in [-0.05, 0) is 13.8 Å². The van der Waals surface area contributed by atoms with Crippen molar-refractivity contribution in [2.24, 2.45) is 0 Å². The predicted octanol–water partition coefficient (Wildman–Crippen LogP) is -0.687. The van der Waals surface area contributed by atoms with E-state index in [4.69, 9.17) is 0 Å². The summed E-state index contributed by atoms with van der Waals surface area (Å²) >= 11 is 0. The first-order valence-electron chi connectivity index (χ1n) is 3.57. The third kappa shape index (κ3) is 2.25. The molecule has 1 heterocycles. The van der Waals surface area contributed by atoms with E-state index < -0.39 is 15.6 Å². The zero-order chi connectivity index (χ0) is 10.3. The molecule has 0 saturated carbocycles. The molecule has 0 amide bonds. The highest BCUT2D eigenvalue weighted by Gasteiger charge is 2.21. The van der Waals surface area contributed by atoms with Gasteiger partial charge in [-0.3, -0.25) is 0 Å². The topological polar surface area (TPSA) is 85.1 Å². The Balaban J connectivity index is 3.16. The number of hydrogen-bond donors (Lipinski definition) is 1. The average Bonchev–Trinajstić information content (AvgIpc) is 2.28. The molecule has 0 spiro atoms. The first-order valence-corrected chi connectivity index (χ1v) is 5.42. The number of rotatable bonds is 2. The minimum absolute atomic E-state index is 0.220. The van der Waals surface area contributed by atoms with Crippen LogP contribution in [0.3, 0.4) is 0 Å². The number of aromatic nitrogens is 3. The fraction of sp³-hybridized carbons (Fsp3) is 0.667. The van der Waals surface area contributed by atoms with Crippen LogP contribution in [0, 0.1) is 0 Å². The van der Waals surface area contributed by atoms with Gasteiger partial charge < -0.3 is 5.11 Å². The largest absolute Gasteiger partial charge is 0.384 e. The Labute approximate surface area is 76.2 Å². The van der Waals surface area contributed by atoms with E-state index in [0.717, 1.165) is 10.3 Å². The van der Waals surface area contributed by atoms with E-state index in [1.165, 1.54) is 20.0 Å². The molecule has 0 fully saturated rings. The maximum absolute atomic E-state index is 11.0. The van der Waals surface area contributed by atoms with Crippen molar-refractivity contribution in [3.63, 3.8) is 0 Å². The van der Waals surface area contributed by atoms with E-state index in [1.807, 2.05) is 0 Å². The average molecular weight is 205 g/mol. The highest BCUT2D eigenvalue weighted by atomic mass is 32.2. The molecule has 7 heteroatoms. The van der Waals surface area contributed by atoms with Crippen LogP contribution in [0.2, 0.25) is 0 Å². The fourth-order valence-corrected chi connectivity index (χ4v) is 1.15. The second-order valence-corrected chi connectivity index (χ2v) is 5.14. The van der Waals surface area contributed by atoms with E-state index >= 15 is 0 Å². The van der Waals surface area contributed by atoms with Crippen molar-refractivity contribution in [2.75, 3.05) is 6.26 Å². The summed E-state index contributed by atoms with van der Waals surface area (Å²) in [7, 11) is -3.41. The monoisotopic (exact) mass is 205 g/mol. The van der Waals surface area contributed by atoms with Crippen molar-refractivity contribution in [1.82, 2.24) is 14.4 Å². The van der Waals surface area contributed by atoms with Gasteiger partial charge in [0.2, 0.25) is 0 Å². The van der Waals surface area contributed by atoms with Gasteiger partial charge in [0.25, 0.3) is 10.0 Å². The van der Waals surface area contributed by atoms with Crippen molar-refractivity contribution >= 4 is 10.0 Å². The summed E-state index contributed by atoms with van der Waals surface area (Å²) in [6.07, 6.45) is 2.20. The first-order chi connectivity index (χ1) is 5.71. The van der Waals surface area contributed by atoms with Crippen LogP contribution in [-0.2, 0) is 15.6 Å². The summed E-state index contributed by atoms with van der Waals surface area (Å²) in [4.78, 5) is 0. The van der Waals surface area contributed by atoms with Gasteiger partial charge in [-0.1, -0.05) is 5.21 Å².